The lowest BCUT2D eigenvalue weighted by Crippen LogP contribution is -2.13. The van der Waals surface area contributed by atoms with Crippen LogP contribution in [0.15, 0.2) is 18.3 Å². The van der Waals surface area contributed by atoms with Gasteiger partial charge in [0.25, 0.3) is 0 Å². The third kappa shape index (κ3) is 4.78. The molecule has 0 spiro atoms. The van der Waals surface area contributed by atoms with Gasteiger partial charge in [-0.3, -0.25) is 0 Å². The van der Waals surface area contributed by atoms with Crippen LogP contribution in [0.4, 0.5) is 11.5 Å². The fourth-order valence-electron chi connectivity index (χ4n) is 1.26. The van der Waals surface area contributed by atoms with Crippen molar-refractivity contribution in [2.75, 3.05) is 25.1 Å². The number of nitrogens with zero attached hydrogens (tertiary/aromatic N) is 2. The molecule has 6 heteroatoms. The molecular formula is C11H17N3O3. The largest absolute Gasteiger partial charge is 0.386 e. The van der Waals surface area contributed by atoms with Crippen molar-refractivity contribution in [1.29, 1.82) is 0 Å². The Balaban J connectivity index is 2.39. The van der Waals surface area contributed by atoms with E-state index in [1.807, 2.05) is 0 Å². The molecule has 0 saturated carbocycles. The summed E-state index contributed by atoms with van der Waals surface area (Å²) >= 11 is 0. The molecule has 1 aromatic rings. The van der Waals surface area contributed by atoms with Gasteiger partial charge < -0.3 is 20.2 Å². The van der Waals surface area contributed by atoms with E-state index in [0.717, 1.165) is 0 Å². The first-order chi connectivity index (χ1) is 8.11. The fraction of sp³-hybridized carbons (Fsp3) is 0.545. The second kappa shape index (κ2) is 6.80. The third-order valence-electron chi connectivity index (χ3n) is 1.97. The summed E-state index contributed by atoms with van der Waals surface area (Å²) in [5, 5.41) is 13.6. The highest BCUT2D eigenvalue weighted by atomic mass is 16.6. The molecule has 1 heterocycles. The molecule has 1 aromatic heterocycles. The number of pyridine rings is 1. The summed E-state index contributed by atoms with van der Waals surface area (Å²) in [5.41, 5.74) is 0.422. The molecule has 0 atom stereocenters. The lowest BCUT2D eigenvalue weighted by atomic mass is 10.2. The van der Waals surface area contributed by atoms with Crippen LogP contribution in [-0.4, -0.2) is 29.7 Å². The molecule has 0 aliphatic heterocycles. The highest BCUT2D eigenvalue weighted by Gasteiger charge is 2.12. The number of rotatable bonds is 7. The van der Waals surface area contributed by atoms with Crippen molar-refractivity contribution >= 4 is 11.5 Å². The van der Waals surface area contributed by atoms with Gasteiger partial charge in [-0.1, -0.05) is 13.8 Å². The molecule has 6 nitrogen and oxygen atoms in total. The fourth-order valence-corrected chi connectivity index (χ4v) is 1.26. The zero-order valence-corrected chi connectivity index (χ0v) is 10.0. The first kappa shape index (κ1) is 13.4. The quantitative estimate of drug-likeness (QED) is 0.447. The molecule has 0 fully saturated rings. The van der Waals surface area contributed by atoms with E-state index in [9.17, 15) is 10.1 Å². The van der Waals surface area contributed by atoms with Crippen LogP contribution in [0.1, 0.15) is 13.8 Å². The van der Waals surface area contributed by atoms with Crippen LogP contribution in [0.5, 0.6) is 0 Å². The average molecular weight is 239 g/mol. The first-order valence-electron chi connectivity index (χ1n) is 5.52. The maximum absolute atomic E-state index is 10.7. The Kier molecular flexibility index (Phi) is 5.35. The second-order valence-electron chi connectivity index (χ2n) is 4.03. The minimum atomic E-state index is -0.503. The first-order valence-corrected chi connectivity index (χ1v) is 5.52. The van der Waals surface area contributed by atoms with Gasteiger partial charge in [-0.2, -0.15) is 0 Å². The maximum atomic E-state index is 10.7. The van der Waals surface area contributed by atoms with Gasteiger partial charge in [0.05, 0.1) is 6.61 Å². The zero-order valence-electron chi connectivity index (χ0n) is 10.0. The van der Waals surface area contributed by atoms with Crippen molar-refractivity contribution in [1.82, 2.24) is 4.98 Å². The number of ether oxygens (including phenoxy) is 1. The van der Waals surface area contributed by atoms with Crippen LogP contribution < -0.4 is 5.32 Å². The van der Waals surface area contributed by atoms with Crippen molar-refractivity contribution in [3.63, 3.8) is 0 Å². The smallest absolute Gasteiger partial charge is 0.379 e. The Morgan fingerprint density at radius 1 is 1.59 bits per heavy atom. The Hall–Kier alpha value is -1.69. The molecule has 0 saturated heterocycles. The molecule has 1 rings (SSSR count). The summed E-state index contributed by atoms with van der Waals surface area (Å²) in [6.07, 6.45) is 1.40. The number of aromatic nitrogens is 1. The van der Waals surface area contributed by atoms with E-state index in [1.54, 1.807) is 12.1 Å². The zero-order chi connectivity index (χ0) is 12.7. The summed E-state index contributed by atoms with van der Waals surface area (Å²) in [4.78, 5) is 13.9. The van der Waals surface area contributed by atoms with Crippen molar-refractivity contribution in [2.24, 2.45) is 5.92 Å². The molecule has 0 bridgehead atoms. The van der Waals surface area contributed by atoms with Crippen molar-refractivity contribution in [3.8, 4) is 0 Å². The topological polar surface area (TPSA) is 77.3 Å². The SMILES string of the molecule is CC(C)COCCNc1cccnc1[N+](=O)[O-]. The predicted molar refractivity (Wildman–Crippen MR) is 65.0 cm³/mol. The molecule has 0 amide bonds. The van der Waals surface area contributed by atoms with E-state index in [1.165, 1.54) is 6.20 Å². The monoisotopic (exact) mass is 239 g/mol. The van der Waals surface area contributed by atoms with Crippen molar-refractivity contribution in [3.05, 3.63) is 28.4 Å². The van der Waals surface area contributed by atoms with Gasteiger partial charge in [0.15, 0.2) is 0 Å². The molecule has 0 unspecified atom stereocenters. The van der Waals surface area contributed by atoms with E-state index >= 15 is 0 Å². The number of hydrogen-bond donors (Lipinski definition) is 1. The summed E-state index contributed by atoms with van der Waals surface area (Å²) in [5.74, 6) is 0.332. The van der Waals surface area contributed by atoms with Crippen molar-refractivity contribution in [2.45, 2.75) is 13.8 Å². The summed E-state index contributed by atoms with van der Waals surface area (Å²) in [6.45, 7) is 5.87. The van der Waals surface area contributed by atoms with Gasteiger partial charge in [-0.05, 0) is 28.0 Å². The molecule has 94 valence electrons. The summed E-state index contributed by atoms with van der Waals surface area (Å²) in [7, 11) is 0. The molecule has 17 heavy (non-hydrogen) atoms. The normalized spacial score (nSPS) is 10.5. The van der Waals surface area contributed by atoms with E-state index in [-0.39, 0.29) is 5.82 Å². The highest BCUT2D eigenvalue weighted by Crippen LogP contribution is 2.19. The van der Waals surface area contributed by atoms with Crippen LogP contribution in [0.2, 0.25) is 0 Å². The van der Waals surface area contributed by atoms with Crippen LogP contribution in [-0.2, 0) is 4.74 Å². The van der Waals surface area contributed by atoms with Gasteiger partial charge >= 0.3 is 5.82 Å². The van der Waals surface area contributed by atoms with E-state index < -0.39 is 4.92 Å². The Morgan fingerprint density at radius 3 is 3.00 bits per heavy atom. The third-order valence-corrected chi connectivity index (χ3v) is 1.97. The van der Waals surface area contributed by atoms with Crippen LogP contribution in [0.25, 0.3) is 0 Å². The molecule has 0 aliphatic carbocycles. The molecule has 0 aliphatic rings. The number of nitrogens with one attached hydrogen (secondary N) is 1. The Morgan fingerprint density at radius 2 is 2.35 bits per heavy atom. The number of hydrogen-bond acceptors (Lipinski definition) is 5. The van der Waals surface area contributed by atoms with E-state index in [0.29, 0.717) is 31.4 Å². The second-order valence-corrected chi connectivity index (χ2v) is 4.03. The van der Waals surface area contributed by atoms with Gasteiger partial charge in [0.2, 0.25) is 0 Å². The van der Waals surface area contributed by atoms with Gasteiger partial charge in [0.1, 0.15) is 11.9 Å². The van der Waals surface area contributed by atoms with Gasteiger partial charge in [-0.25, -0.2) is 0 Å². The van der Waals surface area contributed by atoms with Crippen LogP contribution in [0.3, 0.4) is 0 Å². The molecule has 0 radical (unpaired) electrons. The van der Waals surface area contributed by atoms with Gasteiger partial charge in [0, 0.05) is 13.2 Å². The number of anilines is 1. The lowest BCUT2D eigenvalue weighted by molar-refractivity contribution is -0.388. The molecule has 1 N–H and O–H groups in total. The molecule has 0 aromatic carbocycles. The van der Waals surface area contributed by atoms with E-state index in [4.69, 9.17) is 4.74 Å². The van der Waals surface area contributed by atoms with E-state index in [2.05, 4.69) is 24.1 Å². The van der Waals surface area contributed by atoms with Gasteiger partial charge in [-0.15, -0.1) is 0 Å². The Bertz CT molecular complexity index is 369. The van der Waals surface area contributed by atoms with Crippen LogP contribution >= 0.6 is 0 Å². The minimum Gasteiger partial charge on any atom is -0.379 e. The van der Waals surface area contributed by atoms with Crippen LogP contribution in [0, 0.1) is 16.0 Å². The predicted octanol–water partition coefficient (Wildman–Crippen LogP) is 2.07. The standard InChI is InChI=1S/C11H17N3O3/c1-9(2)8-17-7-6-12-10-4-3-5-13-11(10)14(15)16/h3-5,9,12H,6-8H2,1-2H3. The summed E-state index contributed by atoms with van der Waals surface area (Å²) in [6, 6.07) is 3.29. The van der Waals surface area contributed by atoms with Crippen molar-refractivity contribution < 1.29 is 9.66 Å². The molecular weight excluding hydrogens is 222 g/mol. The highest BCUT2D eigenvalue weighted by molar-refractivity contribution is 5.56. The maximum Gasteiger partial charge on any atom is 0.386 e. The lowest BCUT2D eigenvalue weighted by Gasteiger charge is -2.08. The minimum absolute atomic E-state index is 0.156. The number of nitro groups is 1. The Labute approximate surface area is 100 Å². The summed E-state index contributed by atoms with van der Waals surface area (Å²) < 4.78 is 5.36. The average Bonchev–Trinajstić information content (AvgIpc) is 2.28.